The summed E-state index contributed by atoms with van der Waals surface area (Å²) in [6, 6.07) is 5.10. The van der Waals surface area contributed by atoms with Crippen LogP contribution in [0.3, 0.4) is 0 Å². The Bertz CT molecular complexity index is 325. The number of benzene rings is 1. The molecule has 0 aromatic heterocycles. The van der Waals surface area contributed by atoms with Crippen molar-refractivity contribution in [2.24, 2.45) is 0 Å². The first-order chi connectivity index (χ1) is 7.07. The number of aromatic hydroxyl groups is 2. The molecule has 15 heavy (non-hydrogen) atoms. The number of phenols is 2. The van der Waals surface area contributed by atoms with Crippen molar-refractivity contribution in [3.8, 4) is 11.5 Å². The highest BCUT2D eigenvalue weighted by Crippen LogP contribution is 2.37. The van der Waals surface area contributed by atoms with E-state index >= 15 is 0 Å². The molecule has 3 heteroatoms. The topological polar surface area (TPSA) is 40.5 Å². The Hall–Kier alpha value is -0.700. The number of para-hydroxylation sites is 1. The predicted molar refractivity (Wildman–Crippen MR) is 65.8 cm³/mol. The lowest BCUT2D eigenvalue weighted by atomic mass is 9.94. The molecule has 0 aliphatic carbocycles. The zero-order valence-corrected chi connectivity index (χ0v) is 10.7. The first-order valence-electron chi connectivity index (χ1n) is 5.22. The molecule has 0 saturated heterocycles. The van der Waals surface area contributed by atoms with E-state index in [1.54, 1.807) is 6.07 Å². The first kappa shape index (κ1) is 12.4. The third-order valence-electron chi connectivity index (χ3n) is 2.64. The van der Waals surface area contributed by atoms with Crippen LogP contribution in [-0.2, 0) is 0 Å². The van der Waals surface area contributed by atoms with E-state index in [2.05, 4.69) is 22.9 Å². The van der Waals surface area contributed by atoms with E-state index in [0.29, 0.717) is 4.83 Å². The monoisotopic (exact) mass is 272 g/mol. The van der Waals surface area contributed by atoms with E-state index in [1.807, 2.05) is 13.0 Å². The molecular weight excluding hydrogens is 256 g/mol. The van der Waals surface area contributed by atoms with Gasteiger partial charge in [-0.2, -0.15) is 0 Å². The standard InChI is InChI=1S/C12H17BrO2/c1-3-5-10(13)8(2)9-6-4-7-11(14)12(9)15/h4,6-8,10,14-15H,3,5H2,1-2H3. The highest BCUT2D eigenvalue weighted by molar-refractivity contribution is 9.09. The Balaban J connectivity index is 2.90. The number of hydrogen-bond donors (Lipinski definition) is 2. The van der Waals surface area contributed by atoms with Crippen LogP contribution in [0.2, 0.25) is 0 Å². The van der Waals surface area contributed by atoms with Crippen LogP contribution >= 0.6 is 15.9 Å². The summed E-state index contributed by atoms with van der Waals surface area (Å²) in [6.07, 6.45) is 2.15. The normalized spacial score (nSPS) is 14.9. The van der Waals surface area contributed by atoms with Gasteiger partial charge in [0.15, 0.2) is 11.5 Å². The second kappa shape index (κ2) is 5.40. The Kier molecular flexibility index (Phi) is 4.45. The van der Waals surface area contributed by atoms with Gasteiger partial charge < -0.3 is 10.2 Å². The Morgan fingerprint density at radius 1 is 1.33 bits per heavy atom. The van der Waals surface area contributed by atoms with Crippen molar-refractivity contribution < 1.29 is 10.2 Å². The molecule has 0 amide bonds. The van der Waals surface area contributed by atoms with Gasteiger partial charge in [-0.05, 0) is 18.4 Å². The zero-order valence-electron chi connectivity index (χ0n) is 9.07. The Morgan fingerprint density at radius 3 is 2.60 bits per heavy atom. The average Bonchev–Trinajstić information content (AvgIpc) is 2.21. The maximum atomic E-state index is 9.71. The summed E-state index contributed by atoms with van der Waals surface area (Å²) in [5, 5.41) is 19.1. The quantitative estimate of drug-likeness (QED) is 0.647. The van der Waals surface area contributed by atoms with Crippen LogP contribution in [0, 0.1) is 0 Å². The highest BCUT2D eigenvalue weighted by atomic mass is 79.9. The van der Waals surface area contributed by atoms with Crippen LogP contribution in [0.1, 0.15) is 38.2 Å². The summed E-state index contributed by atoms with van der Waals surface area (Å²) in [6.45, 7) is 4.17. The summed E-state index contributed by atoms with van der Waals surface area (Å²) in [4.78, 5) is 0.329. The molecule has 0 spiro atoms. The van der Waals surface area contributed by atoms with Gasteiger partial charge in [-0.3, -0.25) is 0 Å². The molecule has 1 rings (SSSR count). The SMILES string of the molecule is CCCC(Br)C(C)c1cccc(O)c1O. The van der Waals surface area contributed by atoms with Gasteiger partial charge >= 0.3 is 0 Å². The maximum Gasteiger partial charge on any atom is 0.160 e. The first-order valence-corrected chi connectivity index (χ1v) is 6.14. The molecule has 0 aliphatic rings. The van der Waals surface area contributed by atoms with Gasteiger partial charge in [0.1, 0.15) is 0 Å². The van der Waals surface area contributed by atoms with E-state index in [0.717, 1.165) is 18.4 Å². The van der Waals surface area contributed by atoms with Gasteiger partial charge in [0.25, 0.3) is 0 Å². The third kappa shape index (κ3) is 2.88. The van der Waals surface area contributed by atoms with E-state index in [9.17, 15) is 10.2 Å². The fourth-order valence-corrected chi connectivity index (χ4v) is 2.38. The van der Waals surface area contributed by atoms with Crippen molar-refractivity contribution in [1.29, 1.82) is 0 Å². The van der Waals surface area contributed by atoms with Gasteiger partial charge in [-0.15, -0.1) is 0 Å². The fraction of sp³-hybridized carbons (Fsp3) is 0.500. The van der Waals surface area contributed by atoms with Gasteiger partial charge in [0.05, 0.1) is 0 Å². The van der Waals surface area contributed by atoms with Crippen molar-refractivity contribution in [3.63, 3.8) is 0 Å². The van der Waals surface area contributed by atoms with Crippen LogP contribution in [0.15, 0.2) is 18.2 Å². The number of alkyl halides is 1. The van der Waals surface area contributed by atoms with E-state index in [1.165, 1.54) is 6.07 Å². The molecule has 1 aromatic rings. The third-order valence-corrected chi connectivity index (χ3v) is 3.89. The molecular formula is C12H17BrO2. The van der Waals surface area contributed by atoms with Crippen molar-refractivity contribution in [2.45, 2.75) is 37.4 Å². The van der Waals surface area contributed by atoms with Gasteiger partial charge in [0, 0.05) is 10.4 Å². The molecule has 2 N–H and O–H groups in total. The van der Waals surface area contributed by atoms with Crippen LogP contribution in [-0.4, -0.2) is 15.0 Å². The Morgan fingerprint density at radius 2 is 2.00 bits per heavy atom. The minimum absolute atomic E-state index is 0.00514. The molecule has 0 heterocycles. The molecule has 0 aliphatic heterocycles. The van der Waals surface area contributed by atoms with E-state index in [4.69, 9.17) is 0 Å². The fourth-order valence-electron chi connectivity index (χ4n) is 1.64. The molecule has 2 atom stereocenters. The second-order valence-corrected chi connectivity index (χ2v) is 4.98. The van der Waals surface area contributed by atoms with E-state index in [-0.39, 0.29) is 17.4 Å². The molecule has 0 radical (unpaired) electrons. The zero-order chi connectivity index (χ0) is 11.4. The molecule has 0 fully saturated rings. The number of hydrogen-bond acceptors (Lipinski definition) is 2. The molecule has 0 bridgehead atoms. The average molecular weight is 273 g/mol. The minimum Gasteiger partial charge on any atom is -0.504 e. The lowest BCUT2D eigenvalue weighted by Gasteiger charge is -2.19. The van der Waals surface area contributed by atoms with Crippen LogP contribution in [0.25, 0.3) is 0 Å². The smallest absolute Gasteiger partial charge is 0.160 e. The summed E-state index contributed by atoms with van der Waals surface area (Å²) < 4.78 is 0. The molecule has 84 valence electrons. The summed E-state index contributed by atoms with van der Waals surface area (Å²) in [5.41, 5.74) is 0.797. The number of halogens is 1. The van der Waals surface area contributed by atoms with Crippen molar-refractivity contribution in [2.75, 3.05) is 0 Å². The largest absolute Gasteiger partial charge is 0.504 e. The number of rotatable bonds is 4. The van der Waals surface area contributed by atoms with Gasteiger partial charge in [-0.1, -0.05) is 48.3 Å². The Labute approximate surface area is 99.1 Å². The summed E-state index contributed by atoms with van der Waals surface area (Å²) in [7, 11) is 0. The number of phenolic OH excluding ortho intramolecular Hbond substituents is 2. The van der Waals surface area contributed by atoms with Crippen LogP contribution < -0.4 is 0 Å². The second-order valence-electron chi connectivity index (χ2n) is 3.81. The summed E-state index contributed by atoms with van der Waals surface area (Å²) in [5.74, 6) is 0.151. The van der Waals surface area contributed by atoms with Crippen molar-refractivity contribution in [1.82, 2.24) is 0 Å². The van der Waals surface area contributed by atoms with Gasteiger partial charge in [0.2, 0.25) is 0 Å². The maximum absolute atomic E-state index is 9.71. The van der Waals surface area contributed by atoms with Crippen molar-refractivity contribution in [3.05, 3.63) is 23.8 Å². The lowest BCUT2D eigenvalue weighted by molar-refractivity contribution is 0.396. The lowest BCUT2D eigenvalue weighted by Crippen LogP contribution is -2.08. The van der Waals surface area contributed by atoms with Gasteiger partial charge in [-0.25, -0.2) is 0 Å². The molecule has 2 unspecified atom stereocenters. The van der Waals surface area contributed by atoms with Crippen LogP contribution in [0.4, 0.5) is 0 Å². The summed E-state index contributed by atoms with van der Waals surface area (Å²) >= 11 is 3.61. The minimum atomic E-state index is -0.0458. The highest BCUT2D eigenvalue weighted by Gasteiger charge is 2.19. The predicted octanol–water partition coefficient (Wildman–Crippen LogP) is 3.76. The van der Waals surface area contributed by atoms with Crippen molar-refractivity contribution >= 4 is 15.9 Å². The van der Waals surface area contributed by atoms with E-state index < -0.39 is 0 Å². The molecule has 2 nitrogen and oxygen atoms in total. The molecule has 1 aromatic carbocycles. The molecule has 0 saturated carbocycles. The van der Waals surface area contributed by atoms with Crippen LogP contribution in [0.5, 0.6) is 11.5 Å².